The van der Waals surface area contributed by atoms with Crippen molar-refractivity contribution in [1.29, 1.82) is 0 Å². The smallest absolute Gasteiger partial charge is 0.225 e. The summed E-state index contributed by atoms with van der Waals surface area (Å²) in [6, 6.07) is 9.85. The van der Waals surface area contributed by atoms with E-state index in [9.17, 15) is 4.79 Å². The molecule has 1 amide bonds. The average Bonchev–Trinajstić information content (AvgIpc) is 2.59. The second kappa shape index (κ2) is 6.77. The molecule has 2 heterocycles. The van der Waals surface area contributed by atoms with Gasteiger partial charge in [-0.2, -0.15) is 0 Å². The number of carbonyl (C=O) groups excluding carboxylic acids is 1. The Morgan fingerprint density at radius 3 is 3.00 bits per heavy atom. The molecule has 0 saturated carbocycles. The van der Waals surface area contributed by atoms with Crippen LogP contribution in [0.25, 0.3) is 0 Å². The van der Waals surface area contributed by atoms with Crippen molar-refractivity contribution in [3.63, 3.8) is 0 Å². The molecular formula is C18H22N4O. The first-order valence-corrected chi connectivity index (χ1v) is 8.13. The van der Waals surface area contributed by atoms with Gasteiger partial charge in [0.05, 0.1) is 0 Å². The highest BCUT2D eigenvalue weighted by molar-refractivity contribution is 5.94. The van der Waals surface area contributed by atoms with Crippen LogP contribution in [0.4, 0.5) is 11.5 Å². The van der Waals surface area contributed by atoms with Crippen LogP contribution in [0.1, 0.15) is 49.9 Å². The molecule has 1 aromatic heterocycles. The maximum atomic E-state index is 11.9. The first-order valence-electron chi connectivity index (χ1n) is 8.13. The van der Waals surface area contributed by atoms with Crippen LogP contribution in [-0.4, -0.2) is 22.4 Å². The molecule has 0 saturated heterocycles. The van der Waals surface area contributed by atoms with E-state index in [1.807, 2.05) is 24.3 Å². The van der Waals surface area contributed by atoms with E-state index >= 15 is 0 Å². The molecule has 5 nitrogen and oxygen atoms in total. The minimum Gasteiger partial charge on any atom is -0.369 e. The Morgan fingerprint density at radius 1 is 1.35 bits per heavy atom. The molecule has 120 valence electrons. The molecule has 2 aromatic rings. The Labute approximate surface area is 136 Å². The van der Waals surface area contributed by atoms with Gasteiger partial charge in [0.2, 0.25) is 5.91 Å². The fourth-order valence-electron chi connectivity index (χ4n) is 2.80. The fraction of sp³-hybridized carbons (Fsp3) is 0.389. The van der Waals surface area contributed by atoms with Gasteiger partial charge in [0, 0.05) is 36.7 Å². The van der Waals surface area contributed by atoms with Crippen molar-refractivity contribution >= 4 is 17.4 Å². The Balaban J connectivity index is 1.73. The molecule has 0 aliphatic carbocycles. The van der Waals surface area contributed by atoms with E-state index in [1.54, 1.807) is 6.20 Å². The van der Waals surface area contributed by atoms with Gasteiger partial charge in [0.1, 0.15) is 11.6 Å². The quantitative estimate of drug-likeness (QED) is 0.886. The van der Waals surface area contributed by atoms with Crippen LogP contribution < -0.4 is 10.6 Å². The van der Waals surface area contributed by atoms with Gasteiger partial charge in [-0.05, 0) is 24.1 Å². The summed E-state index contributed by atoms with van der Waals surface area (Å²) in [7, 11) is 0. The third-order valence-corrected chi connectivity index (χ3v) is 4.36. The molecule has 23 heavy (non-hydrogen) atoms. The molecule has 1 aliphatic heterocycles. The Kier molecular flexibility index (Phi) is 4.55. The first-order chi connectivity index (χ1) is 11.2. The van der Waals surface area contributed by atoms with E-state index in [0.29, 0.717) is 18.9 Å². The van der Waals surface area contributed by atoms with Crippen molar-refractivity contribution < 1.29 is 4.79 Å². The minimum absolute atomic E-state index is 0.0680. The summed E-state index contributed by atoms with van der Waals surface area (Å²) in [5.41, 5.74) is 2.09. The largest absolute Gasteiger partial charge is 0.369 e. The number of nitrogens with one attached hydrogen (secondary N) is 2. The summed E-state index contributed by atoms with van der Waals surface area (Å²) in [6.07, 6.45) is 3.30. The molecule has 0 fully saturated rings. The molecule has 0 radical (unpaired) electrons. The van der Waals surface area contributed by atoms with E-state index in [1.165, 1.54) is 5.56 Å². The molecule has 1 aromatic carbocycles. The Bertz CT molecular complexity index is 701. The highest BCUT2D eigenvalue weighted by Gasteiger charge is 2.24. The second-order valence-electron chi connectivity index (χ2n) is 6.03. The number of nitrogens with zero attached hydrogens (tertiary/aromatic N) is 2. The van der Waals surface area contributed by atoms with E-state index in [-0.39, 0.29) is 11.8 Å². The fourth-order valence-corrected chi connectivity index (χ4v) is 2.80. The van der Waals surface area contributed by atoms with Crippen LogP contribution in [0.5, 0.6) is 0 Å². The highest BCUT2D eigenvalue weighted by atomic mass is 16.1. The number of benzene rings is 1. The standard InChI is InChI=1S/C18H22N4O/c1-3-12(2)18-19-9-8-16(22-18)20-11-13-10-17(23)21-15-7-5-4-6-14(13)15/h4-9,12-13H,3,10-11H2,1-2H3,(H,21,23)(H,19,20,22). The summed E-state index contributed by atoms with van der Waals surface area (Å²) < 4.78 is 0. The number of anilines is 2. The lowest BCUT2D eigenvalue weighted by Gasteiger charge is -2.26. The van der Waals surface area contributed by atoms with Crippen molar-refractivity contribution in [2.24, 2.45) is 0 Å². The number of amides is 1. The summed E-state index contributed by atoms with van der Waals surface area (Å²) in [6.45, 7) is 4.94. The van der Waals surface area contributed by atoms with Crippen molar-refractivity contribution in [2.45, 2.75) is 38.5 Å². The van der Waals surface area contributed by atoms with Gasteiger partial charge in [0.25, 0.3) is 0 Å². The first kappa shape index (κ1) is 15.5. The molecule has 3 rings (SSSR count). The highest BCUT2D eigenvalue weighted by Crippen LogP contribution is 2.31. The lowest BCUT2D eigenvalue weighted by atomic mass is 9.90. The number of para-hydroxylation sites is 1. The third-order valence-electron chi connectivity index (χ3n) is 4.36. The molecule has 2 N–H and O–H groups in total. The third kappa shape index (κ3) is 3.50. The molecule has 2 atom stereocenters. The van der Waals surface area contributed by atoms with Gasteiger partial charge in [-0.3, -0.25) is 4.79 Å². The molecule has 0 bridgehead atoms. The maximum absolute atomic E-state index is 11.9. The topological polar surface area (TPSA) is 66.9 Å². The van der Waals surface area contributed by atoms with Crippen molar-refractivity contribution in [3.8, 4) is 0 Å². The summed E-state index contributed by atoms with van der Waals surface area (Å²) >= 11 is 0. The van der Waals surface area contributed by atoms with Crippen LogP contribution in [0.15, 0.2) is 36.5 Å². The minimum atomic E-state index is 0.0680. The number of carbonyl (C=O) groups is 1. The summed E-state index contributed by atoms with van der Waals surface area (Å²) in [5, 5.41) is 6.29. The lowest BCUT2D eigenvalue weighted by molar-refractivity contribution is -0.116. The molecule has 2 unspecified atom stereocenters. The zero-order valence-corrected chi connectivity index (χ0v) is 13.5. The van der Waals surface area contributed by atoms with Gasteiger partial charge in [0.15, 0.2) is 0 Å². The van der Waals surface area contributed by atoms with Crippen molar-refractivity contribution in [2.75, 3.05) is 17.2 Å². The van der Waals surface area contributed by atoms with E-state index in [4.69, 9.17) is 0 Å². The van der Waals surface area contributed by atoms with Gasteiger partial charge in [-0.15, -0.1) is 0 Å². The van der Waals surface area contributed by atoms with E-state index in [0.717, 1.165) is 23.8 Å². The lowest BCUT2D eigenvalue weighted by Crippen LogP contribution is -2.27. The maximum Gasteiger partial charge on any atom is 0.225 e. The molecule has 1 aliphatic rings. The molecule has 5 heteroatoms. The summed E-state index contributed by atoms with van der Waals surface area (Å²) in [5.74, 6) is 2.25. The van der Waals surface area contributed by atoms with Crippen LogP contribution >= 0.6 is 0 Å². The van der Waals surface area contributed by atoms with Gasteiger partial charge in [-0.25, -0.2) is 9.97 Å². The van der Waals surface area contributed by atoms with Gasteiger partial charge < -0.3 is 10.6 Å². The van der Waals surface area contributed by atoms with Crippen molar-refractivity contribution in [1.82, 2.24) is 9.97 Å². The summed E-state index contributed by atoms with van der Waals surface area (Å²) in [4.78, 5) is 20.8. The predicted molar refractivity (Wildman–Crippen MR) is 91.7 cm³/mol. The van der Waals surface area contributed by atoms with Crippen LogP contribution in [0, 0.1) is 0 Å². The van der Waals surface area contributed by atoms with Crippen LogP contribution in [0.2, 0.25) is 0 Å². The normalized spacial score (nSPS) is 18.0. The van der Waals surface area contributed by atoms with Crippen LogP contribution in [-0.2, 0) is 4.79 Å². The number of aromatic nitrogens is 2. The Morgan fingerprint density at radius 2 is 2.17 bits per heavy atom. The van der Waals surface area contributed by atoms with Gasteiger partial charge >= 0.3 is 0 Å². The van der Waals surface area contributed by atoms with Crippen molar-refractivity contribution in [3.05, 3.63) is 47.9 Å². The monoisotopic (exact) mass is 310 g/mol. The van der Waals surface area contributed by atoms with Gasteiger partial charge in [-0.1, -0.05) is 32.0 Å². The number of rotatable bonds is 5. The second-order valence-corrected chi connectivity index (χ2v) is 6.03. The molecular weight excluding hydrogens is 288 g/mol. The van der Waals surface area contributed by atoms with Crippen LogP contribution in [0.3, 0.4) is 0 Å². The number of hydrogen-bond acceptors (Lipinski definition) is 4. The molecule has 0 spiro atoms. The average molecular weight is 310 g/mol. The SMILES string of the molecule is CCC(C)c1nccc(NCC2CC(=O)Nc3ccccc32)n1. The predicted octanol–water partition coefficient (Wildman–Crippen LogP) is 3.53. The number of fused-ring (bicyclic) bond motifs is 1. The zero-order valence-electron chi connectivity index (χ0n) is 13.5. The van der Waals surface area contributed by atoms with E-state index in [2.05, 4.69) is 40.5 Å². The number of hydrogen-bond donors (Lipinski definition) is 2. The van der Waals surface area contributed by atoms with E-state index < -0.39 is 0 Å². The zero-order chi connectivity index (χ0) is 16.2. The Hall–Kier alpha value is -2.43.